The van der Waals surface area contributed by atoms with Gasteiger partial charge in [0.15, 0.2) is 6.10 Å². The van der Waals surface area contributed by atoms with Gasteiger partial charge in [-0.15, -0.1) is 0 Å². The first-order chi connectivity index (χ1) is 8.65. The van der Waals surface area contributed by atoms with Crippen molar-refractivity contribution in [3.63, 3.8) is 0 Å². The van der Waals surface area contributed by atoms with Crippen LogP contribution in [0.3, 0.4) is 0 Å². The van der Waals surface area contributed by atoms with Gasteiger partial charge in [-0.2, -0.15) is 0 Å². The Morgan fingerprint density at radius 1 is 1.17 bits per heavy atom. The van der Waals surface area contributed by atoms with E-state index in [1.165, 1.54) is 0 Å². The fourth-order valence-corrected chi connectivity index (χ4v) is 2.21. The van der Waals surface area contributed by atoms with Crippen LogP contribution in [0.5, 0.6) is 0 Å². The summed E-state index contributed by atoms with van der Waals surface area (Å²) in [6, 6.07) is 7.56. The van der Waals surface area contributed by atoms with Crippen LogP contribution in [-0.2, 0) is 9.53 Å². The van der Waals surface area contributed by atoms with Crippen LogP contribution in [0.15, 0.2) is 24.3 Å². The highest BCUT2D eigenvalue weighted by Crippen LogP contribution is 2.30. The lowest BCUT2D eigenvalue weighted by atomic mass is 9.88. The van der Waals surface area contributed by atoms with E-state index in [9.17, 15) is 9.90 Å². The molecule has 3 heteroatoms. The number of carbonyl (C=O) groups is 1. The zero-order valence-electron chi connectivity index (χ0n) is 11.3. The SMILES string of the molecule is CCOC(=O)C(O)c1ccccc1C(CC)CC. The summed E-state index contributed by atoms with van der Waals surface area (Å²) in [6.45, 7) is 6.24. The van der Waals surface area contributed by atoms with Crippen LogP contribution < -0.4 is 0 Å². The highest BCUT2D eigenvalue weighted by atomic mass is 16.5. The van der Waals surface area contributed by atoms with E-state index in [-0.39, 0.29) is 6.61 Å². The molecule has 0 spiro atoms. The van der Waals surface area contributed by atoms with Crippen LogP contribution in [0.1, 0.15) is 56.8 Å². The first-order valence-corrected chi connectivity index (χ1v) is 6.59. The van der Waals surface area contributed by atoms with E-state index in [0.29, 0.717) is 11.5 Å². The van der Waals surface area contributed by atoms with Crippen LogP contribution in [0.25, 0.3) is 0 Å². The summed E-state index contributed by atoms with van der Waals surface area (Å²) in [5.74, 6) is -0.207. The maximum absolute atomic E-state index is 11.6. The van der Waals surface area contributed by atoms with Gasteiger partial charge in [0.2, 0.25) is 0 Å². The smallest absolute Gasteiger partial charge is 0.339 e. The number of benzene rings is 1. The number of rotatable bonds is 6. The van der Waals surface area contributed by atoms with Crippen molar-refractivity contribution >= 4 is 5.97 Å². The molecule has 0 saturated carbocycles. The molecule has 0 heterocycles. The van der Waals surface area contributed by atoms with Crippen LogP contribution in [0, 0.1) is 0 Å². The Bertz CT molecular complexity index is 383. The highest BCUT2D eigenvalue weighted by molar-refractivity contribution is 5.76. The predicted octanol–water partition coefficient (Wildman–Crippen LogP) is 3.19. The summed E-state index contributed by atoms with van der Waals surface area (Å²) in [7, 11) is 0. The lowest BCUT2D eigenvalue weighted by Gasteiger charge is -2.20. The molecule has 0 amide bonds. The van der Waals surface area contributed by atoms with Gasteiger partial charge in [-0.05, 0) is 36.8 Å². The third kappa shape index (κ3) is 3.33. The molecule has 0 aromatic heterocycles. The minimum Gasteiger partial charge on any atom is -0.464 e. The molecule has 1 aromatic rings. The Balaban J connectivity index is 3.04. The largest absolute Gasteiger partial charge is 0.464 e. The van der Waals surface area contributed by atoms with E-state index in [2.05, 4.69) is 13.8 Å². The molecule has 0 fully saturated rings. The summed E-state index contributed by atoms with van der Waals surface area (Å²) in [5, 5.41) is 10.1. The van der Waals surface area contributed by atoms with Gasteiger partial charge in [0.1, 0.15) is 0 Å². The fraction of sp³-hybridized carbons (Fsp3) is 0.533. The van der Waals surface area contributed by atoms with Crippen molar-refractivity contribution in [3.05, 3.63) is 35.4 Å². The number of esters is 1. The van der Waals surface area contributed by atoms with E-state index in [4.69, 9.17) is 4.74 Å². The second-order valence-corrected chi connectivity index (χ2v) is 4.30. The summed E-state index contributed by atoms with van der Waals surface area (Å²) in [5.41, 5.74) is 1.72. The number of ether oxygens (including phenoxy) is 1. The predicted molar refractivity (Wildman–Crippen MR) is 71.4 cm³/mol. The number of aliphatic hydroxyl groups excluding tert-OH is 1. The summed E-state index contributed by atoms with van der Waals surface area (Å²) in [6.07, 6.45) is 0.799. The molecular formula is C15H22O3. The summed E-state index contributed by atoms with van der Waals surface area (Å²) in [4.78, 5) is 11.6. The topological polar surface area (TPSA) is 46.5 Å². The van der Waals surface area contributed by atoms with Gasteiger partial charge in [0.25, 0.3) is 0 Å². The van der Waals surface area contributed by atoms with Crippen molar-refractivity contribution in [3.8, 4) is 0 Å². The number of carbonyl (C=O) groups excluding carboxylic acids is 1. The van der Waals surface area contributed by atoms with Crippen LogP contribution >= 0.6 is 0 Å². The highest BCUT2D eigenvalue weighted by Gasteiger charge is 2.23. The molecule has 0 radical (unpaired) electrons. The first-order valence-electron chi connectivity index (χ1n) is 6.59. The molecule has 3 nitrogen and oxygen atoms in total. The third-order valence-electron chi connectivity index (χ3n) is 3.23. The average molecular weight is 250 g/mol. The molecule has 0 aliphatic rings. The van der Waals surface area contributed by atoms with Crippen LogP contribution in [0.4, 0.5) is 0 Å². The quantitative estimate of drug-likeness (QED) is 0.789. The van der Waals surface area contributed by atoms with E-state index < -0.39 is 12.1 Å². The average Bonchev–Trinajstić information content (AvgIpc) is 2.40. The minimum absolute atomic E-state index is 0.281. The van der Waals surface area contributed by atoms with E-state index >= 15 is 0 Å². The zero-order chi connectivity index (χ0) is 13.5. The molecule has 1 unspecified atom stereocenters. The summed E-state index contributed by atoms with van der Waals surface area (Å²) >= 11 is 0. The molecule has 0 aliphatic heterocycles. The van der Waals surface area contributed by atoms with Gasteiger partial charge in [0.05, 0.1) is 6.61 Å². The Morgan fingerprint density at radius 3 is 2.22 bits per heavy atom. The van der Waals surface area contributed by atoms with Gasteiger partial charge in [0, 0.05) is 0 Å². The maximum Gasteiger partial charge on any atom is 0.339 e. The second kappa shape index (κ2) is 7.17. The number of hydrogen-bond donors (Lipinski definition) is 1. The molecule has 100 valence electrons. The maximum atomic E-state index is 11.6. The number of aliphatic hydroxyl groups is 1. The summed E-state index contributed by atoms with van der Waals surface area (Å²) < 4.78 is 4.87. The van der Waals surface area contributed by atoms with Gasteiger partial charge in [-0.1, -0.05) is 38.1 Å². The fourth-order valence-electron chi connectivity index (χ4n) is 2.21. The minimum atomic E-state index is -1.18. The van der Waals surface area contributed by atoms with Crippen LogP contribution in [0.2, 0.25) is 0 Å². The molecular weight excluding hydrogens is 228 g/mol. The van der Waals surface area contributed by atoms with Gasteiger partial charge >= 0.3 is 5.97 Å². The normalized spacial score (nSPS) is 12.5. The molecule has 1 atom stereocenters. The third-order valence-corrected chi connectivity index (χ3v) is 3.23. The van der Waals surface area contributed by atoms with E-state index in [1.54, 1.807) is 13.0 Å². The van der Waals surface area contributed by atoms with Crippen molar-refractivity contribution in [2.24, 2.45) is 0 Å². The van der Waals surface area contributed by atoms with E-state index in [1.807, 2.05) is 18.2 Å². The molecule has 18 heavy (non-hydrogen) atoms. The molecule has 1 rings (SSSR count). The van der Waals surface area contributed by atoms with Crippen molar-refractivity contribution in [2.75, 3.05) is 6.61 Å². The Kier molecular flexibility index (Phi) is 5.86. The van der Waals surface area contributed by atoms with Gasteiger partial charge in [-0.3, -0.25) is 0 Å². The van der Waals surface area contributed by atoms with Crippen molar-refractivity contribution in [1.82, 2.24) is 0 Å². The van der Waals surface area contributed by atoms with Crippen molar-refractivity contribution < 1.29 is 14.6 Å². The lowest BCUT2D eigenvalue weighted by Crippen LogP contribution is -2.17. The molecule has 0 bridgehead atoms. The Labute approximate surface area is 109 Å². The van der Waals surface area contributed by atoms with Gasteiger partial charge in [-0.25, -0.2) is 4.79 Å². The molecule has 0 aliphatic carbocycles. The number of hydrogen-bond acceptors (Lipinski definition) is 3. The Hall–Kier alpha value is -1.35. The van der Waals surface area contributed by atoms with Gasteiger partial charge < -0.3 is 9.84 Å². The zero-order valence-corrected chi connectivity index (χ0v) is 11.3. The second-order valence-electron chi connectivity index (χ2n) is 4.30. The molecule has 1 N–H and O–H groups in total. The first kappa shape index (κ1) is 14.7. The molecule has 0 saturated heterocycles. The van der Waals surface area contributed by atoms with Crippen molar-refractivity contribution in [1.29, 1.82) is 0 Å². The Morgan fingerprint density at radius 2 is 1.72 bits per heavy atom. The van der Waals surface area contributed by atoms with E-state index in [0.717, 1.165) is 18.4 Å². The molecule has 1 aromatic carbocycles. The standard InChI is InChI=1S/C15H22O3/c1-4-11(5-2)12-9-7-8-10-13(12)14(16)15(17)18-6-3/h7-11,14,16H,4-6H2,1-3H3. The lowest BCUT2D eigenvalue weighted by molar-refractivity contribution is -0.153. The van der Waals surface area contributed by atoms with Crippen LogP contribution in [-0.4, -0.2) is 17.7 Å². The van der Waals surface area contributed by atoms with Crippen molar-refractivity contribution in [2.45, 2.75) is 45.6 Å². The monoisotopic (exact) mass is 250 g/mol.